The lowest BCUT2D eigenvalue weighted by Crippen LogP contribution is -2.14. The van der Waals surface area contributed by atoms with Gasteiger partial charge >= 0.3 is 0 Å². The van der Waals surface area contributed by atoms with Crippen molar-refractivity contribution in [2.45, 2.75) is 18.7 Å². The molecule has 0 aliphatic rings. The Kier molecular flexibility index (Phi) is 5.93. The molecule has 9 nitrogen and oxygen atoms in total. The molecule has 0 fully saturated rings. The van der Waals surface area contributed by atoms with Crippen LogP contribution < -0.4 is 9.46 Å². The molecule has 0 radical (unpaired) electrons. The van der Waals surface area contributed by atoms with Crippen LogP contribution in [-0.4, -0.2) is 40.1 Å². The number of hydrogen-bond donors (Lipinski definition) is 1. The largest absolute Gasteiger partial charge is 0.480 e. The number of imidazole rings is 1. The van der Waals surface area contributed by atoms with Crippen molar-refractivity contribution >= 4 is 21.5 Å². The van der Waals surface area contributed by atoms with Gasteiger partial charge in [-0.2, -0.15) is 9.61 Å². The Morgan fingerprint density at radius 2 is 1.82 bits per heavy atom. The fourth-order valence-electron chi connectivity index (χ4n) is 2.86. The molecule has 0 aliphatic carbocycles. The van der Waals surface area contributed by atoms with E-state index in [1.165, 1.54) is 42.2 Å². The lowest BCUT2D eigenvalue weighted by Gasteiger charge is -2.12. The Balaban J connectivity index is 1.74. The second-order valence-electron chi connectivity index (χ2n) is 7.26. The van der Waals surface area contributed by atoms with Crippen molar-refractivity contribution in [1.82, 2.24) is 24.6 Å². The summed E-state index contributed by atoms with van der Waals surface area (Å²) in [6, 6.07) is 5.99. The van der Waals surface area contributed by atoms with Crippen LogP contribution in [0.4, 0.5) is 10.1 Å². The molecule has 1 N–H and O–H groups in total. The van der Waals surface area contributed by atoms with Gasteiger partial charge in [0.2, 0.25) is 5.88 Å². The highest BCUT2D eigenvalue weighted by Gasteiger charge is 2.19. The molecule has 0 bridgehead atoms. The highest BCUT2D eigenvalue weighted by molar-refractivity contribution is 7.92. The Bertz CT molecular complexity index is 1490. The maximum absolute atomic E-state index is 13.2. The molecule has 0 amide bonds. The van der Waals surface area contributed by atoms with E-state index in [1.54, 1.807) is 6.20 Å². The summed E-state index contributed by atoms with van der Waals surface area (Å²) in [5.74, 6) is 6.16. The summed E-state index contributed by atoms with van der Waals surface area (Å²) in [7, 11) is -2.65. The number of methoxy groups -OCH3 is 1. The molecule has 0 unspecified atom stereocenters. The number of nitrogens with one attached hydrogen (secondary N) is 1. The van der Waals surface area contributed by atoms with Crippen molar-refractivity contribution in [2.24, 2.45) is 5.92 Å². The smallest absolute Gasteiger partial charge is 0.262 e. The summed E-state index contributed by atoms with van der Waals surface area (Å²) in [5, 5.41) is 4.53. The van der Waals surface area contributed by atoms with Gasteiger partial charge in [-0.1, -0.05) is 19.8 Å². The molecular formula is C22H19FN6O3S. The monoisotopic (exact) mass is 466 g/mol. The van der Waals surface area contributed by atoms with Crippen LogP contribution in [0, 0.1) is 23.6 Å². The van der Waals surface area contributed by atoms with Crippen LogP contribution in [0.1, 0.15) is 19.5 Å². The second kappa shape index (κ2) is 8.84. The number of halogens is 1. The molecule has 4 aromatic rings. The van der Waals surface area contributed by atoms with Crippen molar-refractivity contribution in [2.75, 3.05) is 11.8 Å². The molecule has 4 rings (SSSR count). The van der Waals surface area contributed by atoms with Crippen LogP contribution in [0.2, 0.25) is 0 Å². The minimum absolute atomic E-state index is 0.0598. The SMILES string of the molecule is COc1ncc(-c2cnc3ncc(C#CC(C)C)n3n2)cc1NS(=O)(=O)c1ccc(F)cc1. The number of nitrogens with zero attached hydrogens (tertiary/aromatic N) is 5. The first kappa shape index (κ1) is 22.2. The Morgan fingerprint density at radius 3 is 2.52 bits per heavy atom. The van der Waals surface area contributed by atoms with Gasteiger partial charge in [0.25, 0.3) is 15.8 Å². The summed E-state index contributed by atoms with van der Waals surface area (Å²) < 4.78 is 47.9. The van der Waals surface area contributed by atoms with E-state index in [1.807, 2.05) is 13.8 Å². The van der Waals surface area contributed by atoms with Gasteiger partial charge in [0.05, 0.1) is 24.4 Å². The van der Waals surface area contributed by atoms with Crippen LogP contribution in [0.5, 0.6) is 5.88 Å². The third-order valence-electron chi connectivity index (χ3n) is 4.43. The van der Waals surface area contributed by atoms with Crippen LogP contribution in [0.25, 0.3) is 17.0 Å². The van der Waals surface area contributed by atoms with Crippen molar-refractivity contribution in [3.05, 3.63) is 60.4 Å². The van der Waals surface area contributed by atoms with E-state index < -0.39 is 15.8 Å². The molecule has 168 valence electrons. The maximum Gasteiger partial charge on any atom is 0.262 e. The fraction of sp³-hybridized carbons (Fsp3) is 0.182. The molecule has 0 spiro atoms. The predicted molar refractivity (Wildman–Crippen MR) is 119 cm³/mol. The third kappa shape index (κ3) is 4.75. The summed E-state index contributed by atoms with van der Waals surface area (Å²) in [6.45, 7) is 3.95. The number of anilines is 1. The van der Waals surface area contributed by atoms with Crippen LogP contribution in [0.15, 0.2) is 53.8 Å². The first-order chi connectivity index (χ1) is 15.8. The fourth-order valence-corrected chi connectivity index (χ4v) is 3.90. The van der Waals surface area contributed by atoms with E-state index in [-0.39, 0.29) is 22.4 Å². The molecule has 33 heavy (non-hydrogen) atoms. The number of rotatable bonds is 5. The summed E-state index contributed by atoms with van der Waals surface area (Å²) in [5.41, 5.74) is 1.57. The van der Waals surface area contributed by atoms with Crippen LogP contribution in [-0.2, 0) is 10.0 Å². The number of fused-ring (bicyclic) bond motifs is 1. The minimum atomic E-state index is -4.02. The van der Waals surface area contributed by atoms with Crippen molar-refractivity contribution in [1.29, 1.82) is 0 Å². The van der Waals surface area contributed by atoms with Gasteiger partial charge in [-0.25, -0.2) is 27.8 Å². The molecule has 0 atom stereocenters. The highest BCUT2D eigenvalue weighted by Crippen LogP contribution is 2.29. The molecule has 11 heteroatoms. The first-order valence-electron chi connectivity index (χ1n) is 9.82. The van der Waals surface area contributed by atoms with E-state index in [0.717, 1.165) is 12.1 Å². The molecule has 3 heterocycles. The Hall–Kier alpha value is -4.04. The van der Waals surface area contributed by atoms with Crippen LogP contribution in [0.3, 0.4) is 0 Å². The van der Waals surface area contributed by atoms with E-state index in [9.17, 15) is 12.8 Å². The predicted octanol–water partition coefficient (Wildman–Crippen LogP) is 3.14. The van der Waals surface area contributed by atoms with Crippen molar-refractivity contribution in [3.63, 3.8) is 0 Å². The molecular weight excluding hydrogens is 447 g/mol. The first-order valence-corrected chi connectivity index (χ1v) is 11.3. The molecule has 0 aliphatic heterocycles. The number of ether oxygens (including phenoxy) is 1. The average Bonchev–Trinajstić information content (AvgIpc) is 3.20. The minimum Gasteiger partial charge on any atom is -0.480 e. The number of sulfonamides is 1. The zero-order valence-electron chi connectivity index (χ0n) is 17.9. The normalized spacial score (nSPS) is 11.3. The Morgan fingerprint density at radius 1 is 1.09 bits per heavy atom. The van der Waals surface area contributed by atoms with E-state index in [4.69, 9.17) is 4.74 Å². The van der Waals surface area contributed by atoms with E-state index in [2.05, 4.69) is 36.6 Å². The van der Waals surface area contributed by atoms with E-state index in [0.29, 0.717) is 22.7 Å². The lowest BCUT2D eigenvalue weighted by atomic mass is 10.2. The zero-order chi connectivity index (χ0) is 23.6. The topological polar surface area (TPSA) is 111 Å². The standard InChI is InChI=1S/C22H19FN6O3S/c1-14(2)4-7-17-12-25-22-26-13-20(27-29(17)22)15-10-19(21(32-3)24-11-15)28-33(30,31)18-8-5-16(23)6-9-18/h5-6,8-14,28H,1-3H3. The third-order valence-corrected chi connectivity index (χ3v) is 5.81. The van der Waals surface area contributed by atoms with Gasteiger partial charge in [-0.3, -0.25) is 4.72 Å². The van der Waals surface area contributed by atoms with Crippen molar-refractivity contribution in [3.8, 4) is 29.0 Å². The number of pyridine rings is 1. The summed E-state index contributed by atoms with van der Waals surface area (Å²) in [6.07, 6.45) is 4.58. The van der Waals surface area contributed by atoms with Gasteiger partial charge in [-0.15, -0.1) is 0 Å². The zero-order valence-corrected chi connectivity index (χ0v) is 18.8. The maximum atomic E-state index is 13.2. The van der Waals surface area contributed by atoms with Crippen molar-refractivity contribution < 1.29 is 17.5 Å². The average molecular weight is 466 g/mol. The number of benzene rings is 1. The van der Waals surface area contributed by atoms with E-state index >= 15 is 0 Å². The van der Waals surface area contributed by atoms with Crippen LogP contribution >= 0.6 is 0 Å². The molecule has 0 saturated carbocycles. The summed E-state index contributed by atoms with van der Waals surface area (Å²) >= 11 is 0. The number of hydrogen-bond acceptors (Lipinski definition) is 7. The number of aromatic nitrogens is 5. The highest BCUT2D eigenvalue weighted by atomic mass is 32.2. The van der Waals surface area contributed by atoms with Gasteiger partial charge < -0.3 is 4.74 Å². The molecule has 0 saturated heterocycles. The van der Waals surface area contributed by atoms with Gasteiger partial charge in [0, 0.05) is 17.7 Å². The lowest BCUT2D eigenvalue weighted by molar-refractivity contribution is 0.400. The quantitative estimate of drug-likeness (QED) is 0.450. The van der Waals surface area contributed by atoms with Gasteiger partial charge in [0.15, 0.2) is 0 Å². The Labute approximate surface area is 189 Å². The summed E-state index contributed by atoms with van der Waals surface area (Å²) in [4.78, 5) is 12.6. The van der Waals surface area contributed by atoms with Gasteiger partial charge in [0.1, 0.15) is 22.9 Å². The molecule has 3 aromatic heterocycles. The molecule has 1 aromatic carbocycles. The van der Waals surface area contributed by atoms with Gasteiger partial charge in [-0.05, 0) is 36.3 Å². The second-order valence-corrected chi connectivity index (χ2v) is 8.95.